The molecule has 27 heavy (non-hydrogen) atoms. The molecule has 4 rings (SSSR count). The lowest BCUT2D eigenvalue weighted by atomic mass is 10.2. The van der Waals surface area contributed by atoms with Crippen LogP contribution in [0.15, 0.2) is 59.7 Å². The average molecular weight is 428 g/mol. The minimum absolute atomic E-state index is 0.0993. The van der Waals surface area contributed by atoms with Gasteiger partial charge in [0.25, 0.3) is 5.91 Å². The molecule has 0 atom stereocenters. The fraction of sp³-hybridized carbons (Fsp3) is 0.111. The molecule has 8 nitrogen and oxygen atoms in total. The molecule has 1 aliphatic heterocycles. The standard InChI is InChI=1S/C18H14BrN5O3/c19-12-1-3-14-15(7-12)27-10-18(26)24(14)9-17(25)22-13-2-4-16(21-8-13)23-6-5-20-11-23/h1-8,11H,9-10H2,(H,22,25). The maximum absolute atomic E-state index is 12.4. The van der Waals surface area contributed by atoms with Crippen molar-refractivity contribution in [1.29, 1.82) is 0 Å². The lowest BCUT2D eigenvalue weighted by Gasteiger charge is -2.28. The van der Waals surface area contributed by atoms with Gasteiger partial charge >= 0.3 is 0 Å². The summed E-state index contributed by atoms with van der Waals surface area (Å²) < 4.78 is 8.02. The highest BCUT2D eigenvalue weighted by atomic mass is 79.9. The van der Waals surface area contributed by atoms with E-state index in [9.17, 15) is 9.59 Å². The van der Waals surface area contributed by atoms with Crippen molar-refractivity contribution in [3.8, 4) is 11.6 Å². The van der Waals surface area contributed by atoms with E-state index in [2.05, 4.69) is 31.2 Å². The van der Waals surface area contributed by atoms with Gasteiger partial charge in [-0.2, -0.15) is 0 Å². The Labute approximate surface area is 162 Å². The lowest BCUT2D eigenvalue weighted by Crippen LogP contribution is -2.43. The highest BCUT2D eigenvalue weighted by Crippen LogP contribution is 2.34. The van der Waals surface area contributed by atoms with Gasteiger partial charge in [0.1, 0.15) is 24.4 Å². The zero-order valence-electron chi connectivity index (χ0n) is 14.0. The molecule has 136 valence electrons. The molecule has 3 aromatic rings. The monoisotopic (exact) mass is 427 g/mol. The number of amides is 2. The van der Waals surface area contributed by atoms with Gasteiger partial charge in [-0.25, -0.2) is 9.97 Å². The van der Waals surface area contributed by atoms with E-state index in [4.69, 9.17) is 4.74 Å². The molecule has 1 aliphatic rings. The summed E-state index contributed by atoms with van der Waals surface area (Å²) in [6.45, 7) is -0.210. The Morgan fingerprint density at radius 2 is 2.19 bits per heavy atom. The first-order valence-corrected chi connectivity index (χ1v) is 8.86. The third-order valence-corrected chi connectivity index (χ3v) is 4.46. The number of halogens is 1. The van der Waals surface area contributed by atoms with Gasteiger partial charge in [-0.05, 0) is 30.3 Å². The molecule has 0 spiro atoms. The average Bonchev–Trinajstić information content (AvgIpc) is 3.19. The van der Waals surface area contributed by atoms with Crippen molar-refractivity contribution >= 4 is 39.1 Å². The fourth-order valence-corrected chi connectivity index (χ4v) is 3.04. The summed E-state index contributed by atoms with van der Waals surface area (Å²) in [7, 11) is 0. The van der Waals surface area contributed by atoms with Gasteiger partial charge in [0.15, 0.2) is 6.61 Å². The molecule has 9 heteroatoms. The number of hydrogen-bond acceptors (Lipinski definition) is 5. The van der Waals surface area contributed by atoms with Crippen LogP contribution in [0.4, 0.5) is 11.4 Å². The summed E-state index contributed by atoms with van der Waals surface area (Å²) in [5.41, 5.74) is 1.11. The number of fused-ring (bicyclic) bond motifs is 1. The Bertz CT molecular complexity index is 989. The predicted molar refractivity (Wildman–Crippen MR) is 102 cm³/mol. The quantitative estimate of drug-likeness (QED) is 0.690. The van der Waals surface area contributed by atoms with Crippen LogP contribution < -0.4 is 15.0 Å². The minimum Gasteiger partial charge on any atom is -0.482 e. The Balaban J connectivity index is 1.46. The lowest BCUT2D eigenvalue weighted by molar-refractivity contribution is -0.123. The number of nitrogens with one attached hydrogen (secondary N) is 1. The predicted octanol–water partition coefficient (Wildman–Crippen LogP) is 2.39. The molecule has 3 heterocycles. The highest BCUT2D eigenvalue weighted by Gasteiger charge is 2.27. The number of anilines is 2. The number of carbonyl (C=O) groups is 2. The fourth-order valence-electron chi connectivity index (χ4n) is 2.70. The maximum Gasteiger partial charge on any atom is 0.265 e. The number of aromatic nitrogens is 3. The van der Waals surface area contributed by atoms with Crippen LogP contribution in [-0.4, -0.2) is 39.5 Å². The molecule has 0 bridgehead atoms. The number of nitrogens with zero attached hydrogens (tertiary/aromatic N) is 4. The van der Waals surface area contributed by atoms with Crippen molar-refractivity contribution in [2.75, 3.05) is 23.4 Å². The number of rotatable bonds is 4. The molecule has 1 N–H and O–H groups in total. The van der Waals surface area contributed by atoms with E-state index >= 15 is 0 Å². The molecule has 2 amide bonds. The number of imidazole rings is 1. The number of benzene rings is 1. The van der Waals surface area contributed by atoms with E-state index in [0.29, 0.717) is 22.9 Å². The van der Waals surface area contributed by atoms with Crippen molar-refractivity contribution in [3.63, 3.8) is 0 Å². The third kappa shape index (κ3) is 3.68. The van der Waals surface area contributed by atoms with Gasteiger partial charge in [-0.15, -0.1) is 0 Å². The topological polar surface area (TPSA) is 89.4 Å². The second kappa shape index (κ2) is 7.20. The molecule has 2 aromatic heterocycles. The van der Waals surface area contributed by atoms with Crippen LogP contribution in [0.5, 0.6) is 5.75 Å². The SMILES string of the molecule is O=C(CN1C(=O)COc2cc(Br)ccc21)Nc1ccc(-n2ccnc2)nc1. The normalized spacial score (nSPS) is 13.1. The van der Waals surface area contributed by atoms with Crippen molar-refractivity contribution in [1.82, 2.24) is 14.5 Å². The van der Waals surface area contributed by atoms with Crippen LogP contribution in [0.3, 0.4) is 0 Å². The van der Waals surface area contributed by atoms with Crippen molar-refractivity contribution in [3.05, 3.63) is 59.7 Å². The van der Waals surface area contributed by atoms with Crippen molar-refractivity contribution in [2.45, 2.75) is 0 Å². The van der Waals surface area contributed by atoms with Gasteiger partial charge in [-0.1, -0.05) is 15.9 Å². The van der Waals surface area contributed by atoms with Crippen molar-refractivity contribution in [2.24, 2.45) is 0 Å². The van der Waals surface area contributed by atoms with Gasteiger partial charge < -0.3 is 10.1 Å². The first kappa shape index (κ1) is 17.2. The molecule has 0 fully saturated rings. The molecular weight excluding hydrogens is 414 g/mol. The van der Waals surface area contributed by atoms with E-state index in [1.807, 2.05) is 0 Å². The van der Waals surface area contributed by atoms with Crippen molar-refractivity contribution < 1.29 is 14.3 Å². The molecular formula is C18H14BrN5O3. The molecule has 0 saturated carbocycles. The van der Waals surface area contributed by atoms with Gasteiger partial charge in [-0.3, -0.25) is 19.1 Å². The van der Waals surface area contributed by atoms with Gasteiger partial charge in [0.05, 0.1) is 17.6 Å². The molecule has 1 aromatic carbocycles. The summed E-state index contributed by atoms with van der Waals surface area (Å²) in [6.07, 6.45) is 6.63. The maximum atomic E-state index is 12.4. The first-order chi connectivity index (χ1) is 13.1. The van der Waals surface area contributed by atoms with E-state index in [1.165, 1.54) is 4.90 Å². The van der Waals surface area contributed by atoms with Crippen LogP contribution in [0.2, 0.25) is 0 Å². The van der Waals surface area contributed by atoms with Crippen LogP contribution in [0.1, 0.15) is 0 Å². The van der Waals surface area contributed by atoms with E-state index < -0.39 is 0 Å². The molecule has 0 radical (unpaired) electrons. The summed E-state index contributed by atoms with van der Waals surface area (Å²) in [4.78, 5) is 34.3. The van der Waals surface area contributed by atoms with E-state index in [0.717, 1.165) is 4.47 Å². The van der Waals surface area contributed by atoms with Crippen LogP contribution >= 0.6 is 15.9 Å². The second-order valence-electron chi connectivity index (χ2n) is 5.80. The van der Waals surface area contributed by atoms with Crippen LogP contribution in [-0.2, 0) is 9.59 Å². The number of ether oxygens (including phenoxy) is 1. The Morgan fingerprint density at radius 1 is 1.30 bits per heavy atom. The summed E-state index contributed by atoms with van der Waals surface area (Å²) in [5, 5.41) is 2.75. The summed E-state index contributed by atoms with van der Waals surface area (Å²) in [5.74, 6) is 0.654. The summed E-state index contributed by atoms with van der Waals surface area (Å²) in [6, 6.07) is 8.82. The molecule has 0 saturated heterocycles. The smallest absolute Gasteiger partial charge is 0.265 e. The molecule has 0 aliphatic carbocycles. The number of hydrogen-bond donors (Lipinski definition) is 1. The van der Waals surface area contributed by atoms with Gasteiger partial charge in [0.2, 0.25) is 5.91 Å². The largest absolute Gasteiger partial charge is 0.482 e. The van der Waals surface area contributed by atoms with E-state index in [1.54, 1.807) is 59.8 Å². The van der Waals surface area contributed by atoms with Gasteiger partial charge in [0, 0.05) is 16.9 Å². The van der Waals surface area contributed by atoms with Crippen LogP contribution in [0, 0.1) is 0 Å². The highest BCUT2D eigenvalue weighted by molar-refractivity contribution is 9.10. The Hall–Kier alpha value is -3.20. The van der Waals surface area contributed by atoms with Crippen LogP contribution in [0.25, 0.3) is 5.82 Å². The summed E-state index contributed by atoms with van der Waals surface area (Å²) >= 11 is 3.37. The molecule has 0 unspecified atom stereocenters. The first-order valence-electron chi connectivity index (χ1n) is 8.07. The zero-order valence-corrected chi connectivity index (χ0v) is 15.6. The number of carbonyl (C=O) groups excluding carboxylic acids is 2. The Kier molecular flexibility index (Phi) is 4.59. The second-order valence-corrected chi connectivity index (χ2v) is 6.72. The third-order valence-electron chi connectivity index (χ3n) is 3.97. The zero-order chi connectivity index (χ0) is 18.8. The Morgan fingerprint density at radius 3 is 2.93 bits per heavy atom. The van der Waals surface area contributed by atoms with E-state index in [-0.39, 0.29) is 25.0 Å². The number of pyridine rings is 1. The minimum atomic E-state index is -0.323.